The van der Waals surface area contributed by atoms with Crippen molar-refractivity contribution in [3.05, 3.63) is 29.8 Å². The van der Waals surface area contributed by atoms with Crippen LogP contribution in [0.3, 0.4) is 0 Å². The van der Waals surface area contributed by atoms with Crippen molar-refractivity contribution in [3.63, 3.8) is 0 Å². The molecule has 1 heterocycles. The number of likely N-dealkylation sites (tertiary alicyclic amines) is 1. The van der Waals surface area contributed by atoms with E-state index in [1.165, 1.54) is 0 Å². The van der Waals surface area contributed by atoms with Crippen LogP contribution in [0.25, 0.3) is 0 Å². The van der Waals surface area contributed by atoms with Gasteiger partial charge in [0.25, 0.3) is 0 Å². The monoisotopic (exact) mass is 276 g/mol. The van der Waals surface area contributed by atoms with E-state index in [1.54, 1.807) is 18.0 Å². The first kappa shape index (κ1) is 14.3. The number of nitrogens with one attached hydrogen (secondary N) is 2. The number of hydrogen-bond acceptors (Lipinski definition) is 3. The van der Waals surface area contributed by atoms with Crippen molar-refractivity contribution in [1.82, 2.24) is 10.2 Å². The Morgan fingerprint density at radius 2 is 2.25 bits per heavy atom. The molecule has 2 unspecified atom stereocenters. The largest absolute Gasteiger partial charge is 0.344 e. The number of rotatable bonds is 3. The molecule has 2 rings (SSSR count). The molecule has 1 aromatic carbocycles. The zero-order valence-electron chi connectivity index (χ0n) is 11.7. The molecule has 1 saturated heterocycles. The van der Waals surface area contributed by atoms with Gasteiger partial charge in [0.15, 0.2) is 0 Å². The zero-order chi connectivity index (χ0) is 14.7. The van der Waals surface area contributed by atoms with Gasteiger partial charge in [-0.15, -0.1) is 0 Å². The van der Waals surface area contributed by atoms with Crippen molar-refractivity contribution in [2.45, 2.75) is 25.4 Å². The van der Waals surface area contributed by atoms with Crippen LogP contribution in [0.4, 0.5) is 10.5 Å². The number of hydrogen-bond donors (Lipinski definition) is 3. The maximum absolute atomic E-state index is 11.9. The summed E-state index contributed by atoms with van der Waals surface area (Å²) in [7, 11) is 1.73. The van der Waals surface area contributed by atoms with Gasteiger partial charge >= 0.3 is 6.03 Å². The molecule has 1 aliphatic heterocycles. The number of carbonyl (C=O) groups is 2. The third kappa shape index (κ3) is 3.27. The summed E-state index contributed by atoms with van der Waals surface area (Å²) >= 11 is 0. The highest BCUT2D eigenvalue weighted by atomic mass is 16.2. The molecule has 3 amide bonds. The van der Waals surface area contributed by atoms with Crippen LogP contribution in [-0.4, -0.2) is 36.5 Å². The molecule has 0 spiro atoms. The van der Waals surface area contributed by atoms with Crippen LogP contribution in [0.1, 0.15) is 24.9 Å². The molecule has 6 nitrogen and oxygen atoms in total. The van der Waals surface area contributed by atoms with Gasteiger partial charge in [-0.05, 0) is 31.0 Å². The molecule has 1 aliphatic rings. The first-order chi connectivity index (χ1) is 9.47. The van der Waals surface area contributed by atoms with Gasteiger partial charge in [0.05, 0.1) is 0 Å². The SMILES string of the molecule is CC(N)c1cccc(NC(=O)NC2CCN(C)C2=O)c1. The second-order valence-corrected chi connectivity index (χ2v) is 5.11. The fourth-order valence-corrected chi connectivity index (χ4v) is 2.18. The molecule has 0 bridgehead atoms. The van der Waals surface area contributed by atoms with Gasteiger partial charge in [0.2, 0.25) is 5.91 Å². The highest BCUT2D eigenvalue weighted by Gasteiger charge is 2.30. The Kier molecular flexibility index (Phi) is 4.24. The van der Waals surface area contributed by atoms with Gasteiger partial charge in [0.1, 0.15) is 6.04 Å². The van der Waals surface area contributed by atoms with Gasteiger partial charge in [0, 0.05) is 25.3 Å². The Balaban J connectivity index is 1.95. The Bertz CT molecular complexity index is 516. The molecule has 0 aliphatic carbocycles. The van der Waals surface area contributed by atoms with Gasteiger partial charge < -0.3 is 21.3 Å². The lowest BCUT2D eigenvalue weighted by molar-refractivity contribution is -0.128. The van der Waals surface area contributed by atoms with Crippen molar-refractivity contribution in [3.8, 4) is 0 Å². The summed E-state index contributed by atoms with van der Waals surface area (Å²) in [6.07, 6.45) is 0.641. The van der Waals surface area contributed by atoms with Crippen LogP contribution >= 0.6 is 0 Å². The van der Waals surface area contributed by atoms with Crippen molar-refractivity contribution >= 4 is 17.6 Å². The summed E-state index contributed by atoms with van der Waals surface area (Å²) in [4.78, 5) is 25.2. The number of nitrogens with two attached hydrogens (primary N) is 1. The minimum absolute atomic E-state index is 0.0514. The summed E-state index contributed by atoms with van der Waals surface area (Å²) < 4.78 is 0. The lowest BCUT2D eigenvalue weighted by atomic mass is 10.1. The van der Waals surface area contributed by atoms with Gasteiger partial charge in [-0.2, -0.15) is 0 Å². The number of likely N-dealkylation sites (N-methyl/N-ethyl adjacent to an activating group) is 1. The molecule has 1 fully saturated rings. The Morgan fingerprint density at radius 1 is 1.50 bits per heavy atom. The van der Waals surface area contributed by atoms with Crippen LogP contribution in [-0.2, 0) is 4.79 Å². The van der Waals surface area contributed by atoms with E-state index < -0.39 is 6.04 Å². The molecule has 20 heavy (non-hydrogen) atoms. The highest BCUT2D eigenvalue weighted by molar-refractivity contribution is 5.94. The molecule has 0 aromatic heterocycles. The first-order valence-electron chi connectivity index (χ1n) is 6.65. The molecule has 4 N–H and O–H groups in total. The summed E-state index contributed by atoms with van der Waals surface area (Å²) in [6.45, 7) is 2.55. The molecule has 108 valence electrons. The Labute approximate surface area is 118 Å². The van der Waals surface area contributed by atoms with Crippen molar-refractivity contribution in [1.29, 1.82) is 0 Å². The highest BCUT2D eigenvalue weighted by Crippen LogP contribution is 2.15. The standard InChI is InChI=1S/C14H20N4O2/c1-9(15)10-4-3-5-11(8-10)16-14(20)17-12-6-7-18(2)13(12)19/h3-5,8-9,12H,6-7,15H2,1-2H3,(H2,16,17,20). The third-order valence-corrected chi connectivity index (χ3v) is 3.40. The van der Waals surface area contributed by atoms with E-state index in [0.717, 1.165) is 5.56 Å². The Morgan fingerprint density at radius 3 is 2.85 bits per heavy atom. The molecule has 2 atom stereocenters. The fourth-order valence-electron chi connectivity index (χ4n) is 2.18. The maximum Gasteiger partial charge on any atom is 0.319 e. The number of anilines is 1. The summed E-state index contributed by atoms with van der Waals surface area (Å²) in [5.74, 6) is -0.0514. The molecule has 6 heteroatoms. The van der Waals surface area contributed by atoms with Gasteiger partial charge in [-0.25, -0.2) is 4.79 Å². The zero-order valence-corrected chi connectivity index (χ0v) is 11.7. The predicted octanol–water partition coefficient (Wildman–Crippen LogP) is 1.06. The van der Waals surface area contributed by atoms with E-state index in [4.69, 9.17) is 5.73 Å². The van der Waals surface area contributed by atoms with Crippen molar-refractivity contribution < 1.29 is 9.59 Å². The van der Waals surface area contributed by atoms with Gasteiger partial charge in [-0.1, -0.05) is 12.1 Å². The van der Waals surface area contributed by atoms with E-state index in [-0.39, 0.29) is 18.0 Å². The van der Waals surface area contributed by atoms with Gasteiger partial charge in [-0.3, -0.25) is 4.79 Å². The maximum atomic E-state index is 11.9. The topological polar surface area (TPSA) is 87.5 Å². The average Bonchev–Trinajstić information content (AvgIpc) is 2.71. The molecular weight excluding hydrogens is 256 g/mol. The average molecular weight is 276 g/mol. The van der Waals surface area contributed by atoms with E-state index in [2.05, 4.69) is 10.6 Å². The quantitative estimate of drug-likeness (QED) is 0.771. The van der Waals surface area contributed by atoms with Crippen LogP contribution in [0.15, 0.2) is 24.3 Å². The summed E-state index contributed by atoms with van der Waals surface area (Å²) in [5.41, 5.74) is 7.41. The van der Waals surface area contributed by atoms with Crippen LogP contribution in [0, 0.1) is 0 Å². The number of amides is 3. The molecular formula is C14H20N4O2. The van der Waals surface area contributed by atoms with Crippen LogP contribution in [0.5, 0.6) is 0 Å². The van der Waals surface area contributed by atoms with Crippen molar-refractivity contribution in [2.24, 2.45) is 5.73 Å². The normalized spacial score (nSPS) is 19.9. The summed E-state index contributed by atoms with van der Waals surface area (Å²) in [5, 5.41) is 5.41. The lowest BCUT2D eigenvalue weighted by Crippen LogP contribution is -2.42. The predicted molar refractivity (Wildman–Crippen MR) is 77.2 cm³/mol. The van der Waals surface area contributed by atoms with E-state index >= 15 is 0 Å². The van der Waals surface area contributed by atoms with E-state index in [0.29, 0.717) is 18.7 Å². The Hall–Kier alpha value is -2.08. The lowest BCUT2D eigenvalue weighted by Gasteiger charge is -2.14. The van der Waals surface area contributed by atoms with Crippen LogP contribution < -0.4 is 16.4 Å². The number of benzene rings is 1. The van der Waals surface area contributed by atoms with E-state index in [1.807, 2.05) is 25.1 Å². The second kappa shape index (κ2) is 5.92. The summed E-state index contributed by atoms with van der Waals surface area (Å²) in [6, 6.07) is 6.45. The first-order valence-corrected chi connectivity index (χ1v) is 6.65. The molecule has 0 saturated carbocycles. The smallest absolute Gasteiger partial charge is 0.319 e. The number of carbonyl (C=O) groups excluding carboxylic acids is 2. The molecule has 1 aromatic rings. The number of nitrogens with zero attached hydrogens (tertiary/aromatic N) is 1. The molecule has 0 radical (unpaired) electrons. The van der Waals surface area contributed by atoms with E-state index in [9.17, 15) is 9.59 Å². The third-order valence-electron chi connectivity index (χ3n) is 3.40. The minimum Gasteiger partial charge on any atom is -0.344 e. The second-order valence-electron chi connectivity index (χ2n) is 5.11. The fraction of sp³-hybridized carbons (Fsp3) is 0.429. The number of urea groups is 1. The van der Waals surface area contributed by atoms with Crippen LogP contribution in [0.2, 0.25) is 0 Å². The minimum atomic E-state index is -0.434. The van der Waals surface area contributed by atoms with Crippen molar-refractivity contribution in [2.75, 3.05) is 18.9 Å².